The van der Waals surface area contributed by atoms with Gasteiger partial charge in [0.15, 0.2) is 0 Å². The summed E-state index contributed by atoms with van der Waals surface area (Å²) in [7, 11) is 0. The van der Waals surface area contributed by atoms with E-state index in [0.717, 1.165) is 0 Å². The van der Waals surface area contributed by atoms with Crippen molar-refractivity contribution in [1.29, 1.82) is 0 Å². The van der Waals surface area contributed by atoms with E-state index in [1.807, 2.05) is 0 Å². The molecule has 3 N–H and O–H groups in total. The molecule has 0 aromatic heterocycles. The number of carboxylic acid groups (broad SMARTS) is 1. The molecule has 0 saturated heterocycles. The van der Waals surface area contributed by atoms with Gasteiger partial charge < -0.3 is 10.8 Å². The van der Waals surface area contributed by atoms with Crippen LogP contribution in [0.25, 0.3) is 0 Å². The fourth-order valence-electron chi connectivity index (χ4n) is 0.522. The van der Waals surface area contributed by atoms with Gasteiger partial charge in [-0.1, -0.05) is 0 Å². The molecule has 13 heavy (non-hydrogen) atoms. The Labute approximate surface area is 77.5 Å². The molecule has 78 valence electrons. The van der Waals surface area contributed by atoms with E-state index in [4.69, 9.17) is 10.8 Å². The number of hydrogen-bond donors (Lipinski definition) is 2. The molecule has 0 fully saturated rings. The van der Waals surface area contributed by atoms with Crippen LogP contribution in [0.5, 0.6) is 0 Å². The van der Waals surface area contributed by atoms with Gasteiger partial charge in [-0.05, 0) is 12.2 Å². The van der Waals surface area contributed by atoms with Crippen LogP contribution in [-0.2, 0) is 4.79 Å². The third-order valence-electron chi connectivity index (χ3n) is 1.16. The molecule has 0 radical (unpaired) electrons. The molecule has 0 aromatic rings. The van der Waals surface area contributed by atoms with E-state index in [0.29, 0.717) is 11.8 Å². The molecule has 0 aliphatic heterocycles. The molecule has 0 spiro atoms. The second-order valence-electron chi connectivity index (χ2n) is 2.40. The van der Waals surface area contributed by atoms with Crippen LogP contribution >= 0.6 is 11.8 Å². The van der Waals surface area contributed by atoms with E-state index in [9.17, 15) is 18.0 Å². The molecular formula is C6H10F3NO2S. The molecule has 0 heterocycles. The lowest BCUT2D eigenvalue weighted by molar-refractivity contribution is -0.138. The van der Waals surface area contributed by atoms with Gasteiger partial charge in [0.25, 0.3) is 0 Å². The van der Waals surface area contributed by atoms with Crippen LogP contribution < -0.4 is 5.73 Å². The number of carboxylic acids is 1. The van der Waals surface area contributed by atoms with Gasteiger partial charge in [0.05, 0.1) is 5.75 Å². The first-order chi connectivity index (χ1) is 5.83. The largest absolute Gasteiger partial charge is 0.480 e. The standard InChI is InChI=1S/C6H10F3NO2S/c7-6(8,9)3-13-2-1-4(10)5(11)12/h4H,1-3,10H2,(H,11,12). The molecular weight excluding hydrogens is 207 g/mol. The second-order valence-corrected chi connectivity index (χ2v) is 3.51. The van der Waals surface area contributed by atoms with Gasteiger partial charge in [-0.3, -0.25) is 4.79 Å². The highest BCUT2D eigenvalue weighted by Crippen LogP contribution is 2.21. The number of rotatable bonds is 5. The Morgan fingerprint density at radius 1 is 1.54 bits per heavy atom. The number of nitrogens with two attached hydrogens (primary N) is 1. The highest BCUT2D eigenvalue weighted by Gasteiger charge is 2.26. The van der Waals surface area contributed by atoms with E-state index < -0.39 is 23.9 Å². The normalized spacial score (nSPS) is 14.2. The van der Waals surface area contributed by atoms with E-state index in [2.05, 4.69) is 0 Å². The first kappa shape index (κ1) is 12.6. The third kappa shape index (κ3) is 7.92. The molecule has 0 aliphatic carbocycles. The van der Waals surface area contributed by atoms with E-state index in [1.165, 1.54) is 0 Å². The van der Waals surface area contributed by atoms with Gasteiger partial charge in [-0.2, -0.15) is 24.9 Å². The molecule has 0 amide bonds. The predicted molar refractivity (Wildman–Crippen MR) is 43.6 cm³/mol. The fraction of sp³-hybridized carbons (Fsp3) is 0.833. The highest BCUT2D eigenvalue weighted by atomic mass is 32.2. The maximum absolute atomic E-state index is 11.6. The first-order valence-electron chi connectivity index (χ1n) is 3.46. The smallest absolute Gasteiger partial charge is 0.397 e. The van der Waals surface area contributed by atoms with Gasteiger partial charge in [-0.25, -0.2) is 0 Å². The van der Waals surface area contributed by atoms with Crippen molar-refractivity contribution in [3.63, 3.8) is 0 Å². The van der Waals surface area contributed by atoms with Crippen molar-refractivity contribution in [1.82, 2.24) is 0 Å². The zero-order valence-electron chi connectivity index (χ0n) is 6.67. The number of halogens is 3. The maximum Gasteiger partial charge on any atom is 0.397 e. The summed E-state index contributed by atoms with van der Waals surface area (Å²) in [5, 5.41) is 8.28. The number of carbonyl (C=O) groups is 1. The van der Waals surface area contributed by atoms with Crippen molar-refractivity contribution in [2.45, 2.75) is 18.6 Å². The van der Waals surface area contributed by atoms with E-state index in [-0.39, 0.29) is 12.2 Å². The van der Waals surface area contributed by atoms with Gasteiger partial charge in [0.2, 0.25) is 0 Å². The molecule has 3 nitrogen and oxygen atoms in total. The summed E-state index contributed by atoms with van der Waals surface area (Å²) in [5.74, 6) is -2.04. The zero-order chi connectivity index (χ0) is 10.5. The molecule has 0 aliphatic rings. The summed E-state index contributed by atoms with van der Waals surface area (Å²) >= 11 is 0.638. The van der Waals surface area contributed by atoms with Crippen LogP contribution in [0.15, 0.2) is 0 Å². The molecule has 7 heteroatoms. The molecule has 1 unspecified atom stereocenters. The Morgan fingerprint density at radius 2 is 2.08 bits per heavy atom. The van der Waals surface area contributed by atoms with Crippen LogP contribution in [0, 0.1) is 0 Å². The summed E-state index contributed by atoms with van der Waals surface area (Å²) in [4.78, 5) is 10.1. The third-order valence-corrected chi connectivity index (χ3v) is 2.21. The topological polar surface area (TPSA) is 63.3 Å². The first-order valence-corrected chi connectivity index (χ1v) is 4.61. The minimum Gasteiger partial charge on any atom is -0.480 e. The minimum atomic E-state index is -4.20. The Balaban J connectivity index is 3.41. The highest BCUT2D eigenvalue weighted by molar-refractivity contribution is 7.99. The van der Waals surface area contributed by atoms with Gasteiger partial charge in [-0.15, -0.1) is 0 Å². The average molecular weight is 217 g/mol. The molecule has 0 aromatic carbocycles. The van der Waals surface area contributed by atoms with E-state index >= 15 is 0 Å². The lowest BCUT2D eigenvalue weighted by Crippen LogP contribution is -2.30. The Kier molecular flexibility index (Phi) is 5.16. The van der Waals surface area contributed by atoms with Crippen molar-refractivity contribution in [3.05, 3.63) is 0 Å². The fourth-order valence-corrected chi connectivity index (χ4v) is 1.32. The summed E-state index contributed by atoms with van der Waals surface area (Å²) in [6.45, 7) is 0. The summed E-state index contributed by atoms with van der Waals surface area (Å²) in [5.41, 5.74) is 5.07. The van der Waals surface area contributed by atoms with Crippen LogP contribution in [0.2, 0.25) is 0 Å². The van der Waals surface area contributed by atoms with Crippen molar-refractivity contribution >= 4 is 17.7 Å². The van der Waals surface area contributed by atoms with Crippen LogP contribution in [0.4, 0.5) is 13.2 Å². The second kappa shape index (κ2) is 5.33. The molecule has 0 saturated carbocycles. The van der Waals surface area contributed by atoms with E-state index in [1.54, 1.807) is 0 Å². The maximum atomic E-state index is 11.6. The summed E-state index contributed by atoms with van der Waals surface area (Å²) < 4.78 is 34.7. The number of aliphatic carboxylic acids is 1. The molecule has 1 atom stereocenters. The zero-order valence-corrected chi connectivity index (χ0v) is 7.49. The molecule has 0 bridgehead atoms. The lowest BCUT2D eigenvalue weighted by Gasteiger charge is -2.07. The van der Waals surface area contributed by atoms with Crippen LogP contribution in [0.3, 0.4) is 0 Å². The average Bonchev–Trinajstić information content (AvgIpc) is 1.95. The Bertz CT molecular complexity index is 174. The number of hydrogen-bond acceptors (Lipinski definition) is 3. The van der Waals surface area contributed by atoms with Crippen molar-refractivity contribution in [2.75, 3.05) is 11.5 Å². The molecule has 0 rings (SSSR count). The number of alkyl halides is 3. The predicted octanol–water partition coefficient (Wildman–Crippen LogP) is 1.08. The minimum absolute atomic E-state index is 0.0517. The monoisotopic (exact) mass is 217 g/mol. The summed E-state index contributed by atoms with van der Waals surface area (Å²) in [6, 6.07) is -1.07. The van der Waals surface area contributed by atoms with Gasteiger partial charge >= 0.3 is 12.1 Å². The summed E-state index contributed by atoms with van der Waals surface area (Å²) in [6.07, 6.45) is -4.14. The van der Waals surface area contributed by atoms with Crippen molar-refractivity contribution in [3.8, 4) is 0 Å². The van der Waals surface area contributed by atoms with Crippen molar-refractivity contribution < 1.29 is 23.1 Å². The Hall–Kier alpha value is -0.430. The van der Waals surface area contributed by atoms with Gasteiger partial charge in [0.1, 0.15) is 6.04 Å². The van der Waals surface area contributed by atoms with Crippen LogP contribution in [-0.4, -0.2) is 34.8 Å². The Morgan fingerprint density at radius 3 is 2.46 bits per heavy atom. The van der Waals surface area contributed by atoms with Gasteiger partial charge in [0, 0.05) is 0 Å². The van der Waals surface area contributed by atoms with Crippen LogP contribution in [0.1, 0.15) is 6.42 Å². The number of thioether (sulfide) groups is 1. The SMILES string of the molecule is NC(CCSCC(F)(F)F)C(=O)O. The van der Waals surface area contributed by atoms with Crippen molar-refractivity contribution in [2.24, 2.45) is 5.73 Å². The quantitative estimate of drug-likeness (QED) is 0.676. The lowest BCUT2D eigenvalue weighted by atomic mass is 10.2.